The minimum Gasteiger partial charge on any atom is -0.279 e. The predicted octanol–water partition coefficient (Wildman–Crippen LogP) is 4.12. The molecule has 0 fully saturated rings. The summed E-state index contributed by atoms with van der Waals surface area (Å²) >= 11 is 1.64. The average Bonchev–Trinajstić information content (AvgIpc) is 3.36. The molecule has 0 saturated carbocycles. The molecule has 3 aromatic rings. The number of hydrogen-bond donors (Lipinski definition) is 1. The Morgan fingerprint density at radius 1 is 0.793 bits per heavy atom. The summed E-state index contributed by atoms with van der Waals surface area (Å²) in [7, 11) is -3.52. The number of nitrogens with one attached hydrogen (secondary N) is 1. The lowest BCUT2D eigenvalue weighted by molar-refractivity contribution is 0.379. The first-order valence-electron chi connectivity index (χ1n) is 9.08. The van der Waals surface area contributed by atoms with Crippen molar-refractivity contribution in [1.82, 2.24) is 10.4 Å². The van der Waals surface area contributed by atoms with Gasteiger partial charge < -0.3 is 0 Å². The number of rotatable bonds is 4. The summed E-state index contributed by atoms with van der Waals surface area (Å²) in [6.07, 6.45) is 0. The van der Waals surface area contributed by atoms with E-state index in [1.165, 1.54) is 0 Å². The third-order valence-corrected chi connectivity index (χ3v) is 7.51. The normalized spacial score (nSPS) is 18.1. The number of hydrogen-bond acceptors (Lipinski definition) is 6. The second kappa shape index (κ2) is 7.09. The predicted molar refractivity (Wildman–Crippen MR) is 116 cm³/mol. The largest absolute Gasteiger partial charge is 0.279 e. The van der Waals surface area contributed by atoms with Crippen molar-refractivity contribution in [2.75, 3.05) is 0 Å². The summed E-state index contributed by atoms with van der Waals surface area (Å²) < 4.78 is 25.5. The van der Waals surface area contributed by atoms with Gasteiger partial charge in [-0.05, 0) is 36.4 Å². The average molecular weight is 420 g/mol. The van der Waals surface area contributed by atoms with Crippen LogP contribution in [0.4, 0.5) is 0 Å². The standard InChI is InChI=1S/C22H17N3O2S2/c26-29(27,18-9-5-2-6-10-18)19-13-11-17(12-14-19)21-23-22-25(24-21)20(15-28-22)16-7-3-1-4-8-16/h1-15,22H,(H,23,24). The van der Waals surface area contributed by atoms with Crippen LogP contribution in [-0.2, 0) is 9.84 Å². The van der Waals surface area contributed by atoms with Crippen LogP contribution in [0.25, 0.3) is 5.70 Å². The fourth-order valence-corrected chi connectivity index (χ4v) is 5.54. The van der Waals surface area contributed by atoms with Crippen LogP contribution in [0.2, 0.25) is 0 Å². The molecule has 0 amide bonds. The highest BCUT2D eigenvalue weighted by Gasteiger charge is 2.33. The van der Waals surface area contributed by atoms with Gasteiger partial charge in [-0.3, -0.25) is 10.4 Å². The lowest BCUT2D eigenvalue weighted by Crippen LogP contribution is -2.36. The monoisotopic (exact) mass is 419 g/mol. The molecule has 5 rings (SSSR count). The Morgan fingerprint density at radius 2 is 1.41 bits per heavy atom. The van der Waals surface area contributed by atoms with Crippen LogP contribution in [0, 0.1) is 0 Å². The van der Waals surface area contributed by atoms with Gasteiger partial charge in [-0.25, -0.2) is 13.4 Å². The van der Waals surface area contributed by atoms with Crippen molar-refractivity contribution in [2.24, 2.45) is 4.99 Å². The Hall–Kier alpha value is -3.03. The molecule has 2 aliphatic rings. The number of aliphatic imine (C=N–C) groups is 1. The van der Waals surface area contributed by atoms with Crippen LogP contribution in [0.5, 0.6) is 0 Å². The van der Waals surface area contributed by atoms with Gasteiger partial charge in [-0.15, -0.1) is 0 Å². The van der Waals surface area contributed by atoms with Gasteiger partial charge in [0.05, 0.1) is 15.5 Å². The number of sulfone groups is 1. The molecule has 0 aromatic heterocycles. The topological polar surface area (TPSA) is 61.8 Å². The summed E-state index contributed by atoms with van der Waals surface area (Å²) in [4.78, 5) is 5.30. The number of benzene rings is 3. The smallest absolute Gasteiger partial charge is 0.206 e. The zero-order valence-corrected chi connectivity index (χ0v) is 16.9. The molecular formula is C22H17N3O2S2. The van der Waals surface area contributed by atoms with Crippen LogP contribution in [0.15, 0.2) is 105 Å². The van der Waals surface area contributed by atoms with E-state index in [1.807, 2.05) is 23.2 Å². The summed E-state index contributed by atoms with van der Waals surface area (Å²) in [5.41, 5.74) is 6.33. The van der Waals surface area contributed by atoms with E-state index in [0.29, 0.717) is 4.90 Å². The van der Waals surface area contributed by atoms with Crippen molar-refractivity contribution in [3.05, 3.63) is 101 Å². The minimum absolute atomic E-state index is 0.0621. The summed E-state index contributed by atoms with van der Waals surface area (Å²) in [6, 6.07) is 25.5. The quantitative estimate of drug-likeness (QED) is 0.689. The second-order valence-corrected chi connectivity index (χ2v) is 9.51. The van der Waals surface area contributed by atoms with Gasteiger partial charge in [0, 0.05) is 16.5 Å². The SMILES string of the molecule is O=S(=O)(c1ccccc1)c1ccc(C2=NC3SC=C(c4ccccc4)N3N2)cc1. The van der Waals surface area contributed by atoms with Crippen molar-refractivity contribution in [3.63, 3.8) is 0 Å². The second-order valence-electron chi connectivity index (χ2n) is 6.63. The number of fused-ring (bicyclic) bond motifs is 1. The number of hydrazine groups is 1. The molecule has 1 unspecified atom stereocenters. The molecule has 0 aliphatic carbocycles. The fraction of sp³-hybridized carbons (Fsp3) is 0.0455. The van der Waals surface area contributed by atoms with Gasteiger partial charge in [-0.1, -0.05) is 60.3 Å². The highest BCUT2D eigenvalue weighted by Crippen LogP contribution is 2.38. The van der Waals surface area contributed by atoms with E-state index in [-0.39, 0.29) is 10.4 Å². The molecule has 144 valence electrons. The summed E-state index contributed by atoms with van der Waals surface area (Å²) in [5.74, 6) is 0.729. The van der Waals surface area contributed by atoms with E-state index in [2.05, 4.69) is 23.0 Å². The number of thioether (sulfide) groups is 1. The molecule has 1 atom stereocenters. The fourth-order valence-electron chi connectivity index (χ4n) is 3.30. The van der Waals surface area contributed by atoms with Crippen molar-refractivity contribution in [3.8, 4) is 0 Å². The first kappa shape index (κ1) is 18.0. The number of nitrogens with zero attached hydrogens (tertiary/aromatic N) is 2. The summed E-state index contributed by atoms with van der Waals surface area (Å²) in [6.45, 7) is 0. The first-order valence-corrected chi connectivity index (χ1v) is 11.5. The van der Waals surface area contributed by atoms with Crippen molar-refractivity contribution >= 4 is 33.1 Å². The summed E-state index contributed by atoms with van der Waals surface area (Å²) in [5, 5.41) is 4.13. The first-order chi connectivity index (χ1) is 14.1. The highest BCUT2D eigenvalue weighted by molar-refractivity contribution is 8.03. The van der Waals surface area contributed by atoms with E-state index in [4.69, 9.17) is 4.99 Å². The Kier molecular flexibility index (Phi) is 4.41. The molecule has 0 radical (unpaired) electrons. The van der Waals surface area contributed by atoms with Gasteiger partial charge in [0.25, 0.3) is 0 Å². The maximum atomic E-state index is 12.8. The van der Waals surface area contributed by atoms with E-state index < -0.39 is 9.84 Å². The minimum atomic E-state index is -3.52. The Labute approximate surface area is 173 Å². The van der Waals surface area contributed by atoms with Crippen molar-refractivity contribution in [2.45, 2.75) is 15.3 Å². The third kappa shape index (κ3) is 3.22. The Bertz CT molecular complexity index is 1210. The van der Waals surface area contributed by atoms with Crippen LogP contribution in [-0.4, -0.2) is 24.8 Å². The van der Waals surface area contributed by atoms with E-state index in [1.54, 1.807) is 66.4 Å². The molecule has 0 saturated heterocycles. The van der Waals surface area contributed by atoms with Crippen LogP contribution in [0.1, 0.15) is 11.1 Å². The Morgan fingerprint density at radius 3 is 2.10 bits per heavy atom. The van der Waals surface area contributed by atoms with Gasteiger partial charge in [-0.2, -0.15) is 0 Å². The zero-order chi connectivity index (χ0) is 19.8. The van der Waals surface area contributed by atoms with Crippen LogP contribution >= 0.6 is 11.8 Å². The van der Waals surface area contributed by atoms with Crippen molar-refractivity contribution < 1.29 is 8.42 Å². The van der Waals surface area contributed by atoms with Gasteiger partial charge in [0.1, 0.15) is 5.84 Å². The maximum Gasteiger partial charge on any atom is 0.206 e. The molecule has 3 aromatic carbocycles. The van der Waals surface area contributed by atoms with Gasteiger partial charge >= 0.3 is 0 Å². The zero-order valence-electron chi connectivity index (χ0n) is 15.3. The maximum absolute atomic E-state index is 12.8. The molecular weight excluding hydrogens is 402 g/mol. The van der Waals surface area contributed by atoms with E-state index in [9.17, 15) is 8.42 Å². The van der Waals surface area contributed by atoms with E-state index >= 15 is 0 Å². The molecule has 0 spiro atoms. The molecule has 2 heterocycles. The molecule has 5 nitrogen and oxygen atoms in total. The molecule has 7 heteroatoms. The lowest BCUT2D eigenvalue weighted by Gasteiger charge is -2.21. The van der Waals surface area contributed by atoms with Crippen LogP contribution < -0.4 is 5.43 Å². The van der Waals surface area contributed by atoms with E-state index in [0.717, 1.165) is 22.7 Å². The highest BCUT2D eigenvalue weighted by atomic mass is 32.2. The molecule has 2 aliphatic heterocycles. The molecule has 29 heavy (non-hydrogen) atoms. The lowest BCUT2D eigenvalue weighted by atomic mass is 10.2. The molecule has 1 N–H and O–H groups in total. The van der Waals surface area contributed by atoms with Crippen LogP contribution in [0.3, 0.4) is 0 Å². The number of amidine groups is 1. The van der Waals surface area contributed by atoms with Gasteiger partial charge in [0.2, 0.25) is 9.84 Å². The van der Waals surface area contributed by atoms with Crippen molar-refractivity contribution in [1.29, 1.82) is 0 Å². The van der Waals surface area contributed by atoms with Gasteiger partial charge in [0.15, 0.2) is 5.50 Å². The molecule has 0 bridgehead atoms. The third-order valence-electron chi connectivity index (χ3n) is 4.81. The Balaban J connectivity index is 1.37.